The van der Waals surface area contributed by atoms with Crippen LogP contribution in [0.25, 0.3) is 0 Å². The topological polar surface area (TPSA) is 80.0 Å². The summed E-state index contributed by atoms with van der Waals surface area (Å²) >= 11 is 1.77. The van der Waals surface area contributed by atoms with Gasteiger partial charge in [-0.25, -0.2) is 4.98 Å². The van der Waals surface area contributed by atoms with Gasteiger partial charge in [-0.3, -0.25) is 4.99 Å². The maximum Gasteiger partial charge on any atom is 0.191 e. The van der Waals surface area contributed by atoms with Crippen molar-refractivity contribution < 1.29 is 0 Å². The Morgan fingerprint density at radius 1 is 1.36 bits per heavy atom. The molecule has 2 aromatic heterocycles. The van der Waals surface area contributed by atoms with Gasteiger partial charge in [-0.15, -0.1) is 21.5 Å². The van der Waals surface area contributed by atoms with Crippen molar-refractivity contribution in [1.29, 1.82) is 0 Å². The van der Waals surface area contributed by atoms with Crippen molar-refractivity contribution >= 4 is 17.3 Å². The highest BCUT2D eigenvalue weighted by Crippen LogP contribution is 2.13. The Morgan fingerprint density at radius 2 is 2.18 bits per heavy atom. The van der Waals surface area contributed by atoms with Crippen molar-refractivity contribution in [2.24, 2.45) is 12.0 Å². The number of rotatable bonds is 6. The molecule has 0 bridgehead atoms. The molecule has 0 saturated carbocycles. The number of aromatic nitrogens is 4. The Balaban J connectivity index is 1.76. The number of nitrogens with zero attached hydrogens (tertiary/aromatic N) is 5. The molecule has 2 aromatic rings. The highest BCUT2D eigenvalue weighted by atomic mass is 32.1. The molecule has 120 valence electrons. The van der Waals surface area contributed by atoms with E-state index >= 15 is 0 Å². The molecule has 0 fully saturated rings. The molecule has 0 aromatic carbocycles. The van der Waals surface area contributed by atoms with Crippen LogP contribution in [0.5, 0.6) is 0 Å². The Morgan fingerprint density at radius 3 is 2.77 bits per heavy atom. The van der Waals surface area contributed by atoms with Crippen LogP contribution in [0.1, 0.15) is 28.5 Å². The van der Waals surface area contributed by atoms with E-state index in [1.54, 1.807) is 18.4 Å². The van der Waals surface area contributed by atoms with Crippen LogP contribution >= 0.6 is 11.3 Å². The van der Waals surface area contributed by atoms with Gasteiger partial charge in [-0.05, 0) is 13.3 Å². The van der Waals surface area contributed by atoms with Crippen molar-refractivity contribution in [3.63, 3.8) is 0 Å². The molecule has 0 aliphatic carbocycles. The van der Waals surface area contributed by atoms with Crippen LogP contribution in [0.4, 0.5) is 0 Å². The number of guanidine groups is 1. The lowest BCUT2D eigenvalue weighted by atomic mass is 10.4. The summed E-state index contributed by atoms with van der Waals surface area (Å²) in [5, 5.41) is 15.8. The fraction of sp³-hybridized carbons (Fsp3) is 0.571. The Kier molecular flexibility index (Phi) is 5.88. The van der Waals surface area contributed by atoms with Crippen molar-refractivity contribution in [3.05, 3.63) is 27.7 Å². The lowest BCUT2D eigenvalue weighted by molar-refractivity contribution is 0.716. The smallest absolute Gasteiger partial charge is 0.191 e. The third-order valence-corrected chi connectivity index (χ3v) is 4.60. The van der Waals surface area contributed by atoms with Gasteiger partial charge in [0.25, 0.3) is 0 Å². The van der Waals surface area contributed by atoms with Gasteiger partial charge in [0.05, 0.1) is 11.6 Å². The Labute approximate surface area is 134 Å². The first-order valence-electron chi connectivity index (χ1n) is 7.37. The van der Waals surface area contributed by atoms with Crippen LogP contribution in [0.2, 0.25) is 0 Å². The zero-order valence-corrected chi connectivity index (χ0v) is 14.4. The lowest BCUT2D eigenvalue weighted by Gasteiger charge is -2.11. The molecule has 7 nitrogen and oxygen atoms in total. The first-order valence-corrected chi connectivity index (χ1v) is 8.18. The molecule has 0 aliphatic heterocycles. The number of thiazole rings is 1. The summed E-state index contributed by atoms with van der Waals surface area (Å²) in [7, 11) is 3.71. The predicted octanol–water partition coefficient (Wildman–Crippen LogP) is 1.05. The minimum atomic E-state index is 0.592. The molecule has 0 spiro atoms. The van der Waals surface area contributed by atoms with E-state index in [0.717, 1.165) is 42.0 Å². The first-order chi connectivity index (χ1) is 10.6. The highest BCUT2D eigenvalue weighted by Gasteiger charge is 2.06. The summed E-state index contributed by atoms with van der Waals surface area (Å²) in [5.41, 5.74) is 0. The maximum atomic E-state index is 4.41. The lowest BCUT2D eigenvalue weighted by Crippen LogP contribution is -2.38. The van der Waals surface area contributed by atoms with Crippen molar-refractivity contribution in [1.82, 2.24) is 30.4 Å². The molecular formula is C14H23N7S. The molecule has 0 unspecified atom stereocenters. The molecule has 0 amide bonds. The average molecular weight is 321 g/mol. The van der Waals surface area contributed by atoms with Gasteiger partial charge in [-0.2, -0.15) is 0 Å². The molecular weight excluding hydrogens is 298 g/mol. The van der Waals surface area contributed by atoms with Gasteiger partial charge in [0, 0.05) is 38.1 Å². The first kappa shape index (κ1) is 16.4. The Hall–Kier alpha value is -1.96. The number of aliphatic imine (C=N–C) groups is 1. The van der Waals surface area contributed by atoms with E-state index in [-0.39, 0.29) is 0 Å². The van der Waals surface area contributed by atoms with E-state index in [1.807, 2.05) is 24.7 Å². The average Bonchev–Trinajstić information content (AvgIpc) is 3.11. The molecule has 22 heavy (non-hydrogen) atoms. The standard InChI is InChI=1S/C14H23N7S/c1-5-11-8-17-13(22-11)6-7-16-14(15-3)18-9-12-20-19-10(2)21(12)4/h8H,5-7,9H2,1-4H3,(H2,15,16,18). The minimum absolute atomic E-state index is 0.592. The van der Waals surface area contributed by atoms with Gasteiger partial charge < -0.3 is 15.2 Å². The molecule has 2 rings (SSSR count). The van der Waals surface area contributed by atoms with Crippen molar-refractivity contribution in [2.75, 3.05) is 13.6 Å². The molecule has 2 heterocycles. The van der Waals surface area contributed by atoms with E-state index < -0.39 is 0 Å². The predicted molar refractivity (Wildman–Crippen MR) is 89.1 cm³/mol. The second-order valence-corrected chi connectivity index (χ2v) is 6.10. The molecule has 0 radical (unpaired) electrons. The number of hydrogen-bond donors (Lipinski definition) is 2. The fourth-order valence-electron chi connectivity index (χ4n) is 1.90. The van der Waals surface area contributed by atoms with E-state index in [2.05, 4.69) is 37.7 Å². The van der Waals surface area contributed by atoms with E-state index in [9.17, 15) is 0 Å². The van der Waals surface area contributed by atoms with Crippen LogP contribution in [-0.2, 0) is 26.4 Å². The van der Waals surface area contributed by atoms with Crippen molar-refractivity contribution in [2.45, 2.75) is 33.2 Å². The summed E-state index contributed by atoms with van der Waals surface area (Å²) < 4.78 is 1.96. The maximum absolute atomic E-state index is 4.41. The van der Waals surface area contributed by atoms with Gasteiger partial charge in [0.2, 0.25) is 0 Å². The zero-order valence-electron chi connectivity index (χ0n) is 13.6. The number of hydrogen-bond acceptors (Lipinski definition) is 5. The van der Waals surface area contributed by atoms with Gasteiger partial charge >= 0.3 is 0 Å². The summed E-state index contributed by atoms with van der Waals surface area (Å²) in [4.78, 5) is 9.96. The van der Waals surface area contributed by atoms with E-state index in [0.29, 0.717) is 6.54 Å². The van der Waals surface area contributed by atoms with E-state index in [4.69, 9.17) is 0 Å². The quantitative estimate of drug-likeness (QED) is 0.614. The summed E-state index contributed by atoms with van der Waals surface area (Å²) in [6.07, 6.45) is 3.91. The van der Waals surface area contributed by atoms with E-state index in [1.165, 1.54) is 4.88 Å². The normalized spacial score (nSPS) is 11.7. The Bertz CT molecular complexity index is 629. The fourth-order valence-corrected chi connectivity index (χ4v) is 2.77. The molecule has 0 atom stereocenters. The monoisotopic (exact) mass is 321 g/mol. The summed E-state index contributed by atoms with van der Waals surface area (Å²) in [6, 6.07) is 0. The SMILES string of the molecule is CCc1cnc(CCNC(=NC)NCc2nnc(C)n2C)s1. The third-order valence-electron chi connectivity index (χ3n) is 3.40. The second-order valence-electron chi connectivity index (χ2n) is 4.90. The molecule has 0 aliphatic rings. The minimum Gasteiger partial charge on any atom is -0.356 e. The van der Waals surface area contributed by atoms with Crippen LogP contribution < -0.4 is 10.6 Å². The highest BCUT2D eigenvalue weighted by molar-refractivity contribution is 7.11. The van der Waals surface area contributed by atoms with Crippen LogP contribution in [-0.4, -0.2) is 39.3 Å². The third kappa shape index (κ3) is 4.27. The second kappa shape index (κ2) is 7.88. The van der Waals surface area contributed by atoms with Gasteiger partial charge in [0.15, 0.2) is 11.8 Å². The number of aryl methyl sites for hydroxylation is 2. The molecule has 0 saturated heterocycles. The van der Waals surface area contributed by atoms with Crippen LogP contribution in [0.3, 0.4) is 0 Å². The van der Waals surface area contributed by atoms with Crippen molar-refractivity contribution in [3.8, 4) is 0 Å². The van der Waals surface area contributed by atoms with Gasteiger partial charge in [-0.1, -0.05) is 6.92 Å². The van der Waals surface area contributed by atoms with Crippen LogP contribution in [0, 0.1) is 6.92 Å². The zero-order chi connectivity index (χ0) is 15.9. The summed E-state index contributed by atoms with van der Waals surface area (Å²) in [5.74, 6) is 2.54. The number of nitrogens with one attached hydrogen (secondary N) is 2. The van der Waals surface area contributed by atoms with Gasteiger partial charge in [0.1, 0.15) is 5.82 Å². The largest absolute Gasteiger partial charge is 0.356 e. The molecule has 8 heteroatoms. The molecule has 2 N–H and O–H groups in total. The summed E-state index contributed by atoms with van der Waals surface area (Å²) in [6.45, 7) is 5.47. The van der Waals surface area contributed by atoms with Crippen LogP contribution in [0.15, 0.2) is 11.2 Å².